The number of anilines is 1. The summed E-state index contributed by atoms with van der Waals surface area (Å²) >= 11 is 0. The Morgan fingerprint density at radius 2 is 1.97 bits per heavy atom. The average molecular weight is 482 g/mol. The fourth-order valence-corrected chi connectivity index (χ4v) is 5.05. The van der Waals surface area contributed by atoms with Gasteiger partial charge < -0.3 is 29.1 Å². The van der Waals surface area contributed by atoms with Crippen molar-refractivity contribution < 1.29 is 18.7 Å². The largest absolute Gasteiger partial charge is 0.496 e. The summed E-state index contributed by atoms with van der Waals surface area (Å²) in [6.07, 6.45) is 4.58. The molecular formula is C27H35N3O5. The molecule has 1 aromatic carbocycles. The van der Waals surface area contributed by atoms with Gasteiger partial charge in [0.05, 0.1) is 31.0 Å². The fraction of sp³-hybridized carbons (Fsp3) is 0.481. The molecule has 0 bridgehead atoms. The number of furan rings is 1. The molecule has 2 N–H and O–H groups in total. The maximum atomic E-state index is 13.6. The van der Waals surface area contributed by atoms with Crippen LogP contribution in [0.15, 0.2) is 27.6 Å². The van der Waals surface area contributed by atoms with Crippen LogP contribution in [0.3, 0.4) is 0 Å². The number of nitrogens with one attached hydrogen (secondary N) is 2. The zero-order chi connectivity index (χ0) is 25.1. The summed E-state index contributed by atoms with van der Waals surface area (Å²) in [7, 11) is 1.52. The number of rotatable bonds is 8. The van der Waals surface area contributed by atoms with Crippen molar-refractivity contribution in [2.24, 2.45) is 0 Å². The van der Waals surface area contributed by atoms with E-state index in [0.717, 1.165) is 61.2 Å². The number of aromatic amines is 1. The number of hydrogen-bond donors (Lipinski definition) is 2. The highest BCUT2D eigenvalue weighted by atomic mass is 16.5. The number of amides is 1. The van der Waals surface area contributed by atoms with Crippen LogP contribution in [-0.2, 0) is 11.3 Å². The van der Waals surface area contributed by atoms with Gasteiger partial charge in [-0.1, -0.05) is 6.92 Å². The topological polar surface area (TPSA) is 96.8 Å². The van der Waals surface area contributed by atoms with Gasteiger partial charge in [-0.25, -0.2) is 0 Å². The van der Waals surface area contributed by atoms with E-state index in [-0.39, 0.29) is 18.0 Å². The maximum Gasteiger partial charge on any atom is 0.256 e. The van der Waals surface area contributed by atoms with Crippen LogP contribution in [0, 0.1) is 20.8 Å². The SMILES string of the molecule is CCCN(c1cc2occ(C)c2c(C(=O)NCc2c(OC)cc(C)[nH]c2=O)c1C)C1CCOCC1. The Kier molecular flexibility index (Phi) is 7.50. The van der Waals surface area contributed by atoms with Crippen LogP contribution in [0.25, 0.3) is 11.0 Å². The van der Waals surface area contributed by atoms with Gasteiger partial charge in [0, 0.05) is 48.6 Å². The summed E-state index contributed by atoms with van der Waals surface area (Å²) in [5.41, 5.74) is 4.90. The van der Waals surface area contributed by atoms with E-state index in [4.69, 9.17) is 13.9 Å². The third-order valence-corrected chi connectivity index (χ3v) is 6.79. The number of benzene rings is 1. The zero-order valence-corrected chi connectivity index (χ0v) is 21.2. The third kappa shape index (κ3) is 4.93. The lowest BCUT2D eigenvalue weighted by Crippen LogP contribution is -2.40. The molecule has 0 saturated carbocycles. The predicted octanol–water partition coefficient (Wildman–Crippen LogP) is 4.38. The first-order valence-corrected chi connectivity index (χ1v) is 12.3. The second-order valence-corrected chi connectivity index (χ2v) is 9.24. The van der Waals surface area contributed by atoms with Crippen molar-refractivity contribution in [3.8, 4) is 5.75 Å². The number of nitrogens with zero attached hydrogens (tertiary/aromatic N) is 1. The maximum absolute atomic E-state index is 13.6. The molecule has 1 aliphatic rings. The Morgan fingerprint density at radius 3 is 2.66 bits per heavy atom. The lowest BCUT2D eigenvalue weighted by molar-refractivity contribution is 0.0843. The normalized spacial score (nSPS) is 14.3. The highest BCUT2D eigenvalue weighted by molar-refractivity contribution is 6.10. The van der Waals surface area contributed by atoms with E-state index >= 15 is 0 Å². The molecule has 3 heterocycles. The monoisotopic (exact) mass is 481 g/mol. The van der Waals surface area contributed by atoms with Gasteiger partial charge in [0.1, 0.15) is 11.3 Å². The van der Waals surface area contributed by atoms with Crippen LogP contribution >= 0.6 is 0 Å². The molecule has 3 aromatic rings. The Bertz CT molecular complexity index is 1270. The van der Waals surface area contributed by atoms with Crippen molar-refractivity contribution in [1.82, 2.24) is 10.3 Å². The van der Waals surface area contributed by atoms with E-state index in [0.29, 0.717) is 34.2 Å². The van der Waals surface area contributed by atoms with Crippen LogP contribution in [0.4, 0.5) is 5.69 Å². The Hall–Kier alpha value is -3.26. The summed E-state index contributed by atoms with van der Waals surface area (Å²) in [6.45, 7) is 10.3. The number of methoxy groups -OCH3 is 1. The van der Waals surface area contributed by atoms with Gasteiger partial charge in [-0.2, -0.15) is 0 Å². The summed E-state index contributed by atoms with van der Waals surface area (Å²) in [6, 6.07) is 4.17. The minimum absolute atomic E-state index is 0.0539. The summed E-state index contributed by atoms with van der Waals surface area (Å²) in [4.78, 5) is 31.4. The lowest BCUT2D eigenvalue weighted by Gasteiger charge is -2.37. The summed E-state index contributed by atoms with van der Waals surface area (Å²) in [5, 5.41) is 3.76. The van der Waals surface area contributed by atoms with Gasteiger partial charge in [-0.15, -0.1) is 0 Å². The van der Waals surface area contributed by atoms with Gasteiger partial charge in [0.15, 0.2) is 0 Å². The molecule has 1 fully saturated rings. The van der Waals surface area contributed by atoms with E-state index in [9.17, 15) is 9.59 Å². The number of hydrogen-bond acceptors (Lipinski definition) is 6. The fourth-order valence-electron chi connectivity index (χ4n) is 5.05. The van der Waals surface area contributed by atoms with Crippen molar-refractivity contribution in [1.29, 1.82) is 0 Å². The van der Waals surface area contributed by atoms with E-state index in [2.05, 4.69) is 28.2 Å². The molecule has 0 spiro atoms. The molecular weight excluding hydrogens is 446 g/mol. The first-order valence-electron chi connectivity index (χ1n) is 12.3. The zero-order valence-electron chi connectivity index (χ0n) is 21.2. The summed E-state index contributed by atoms with van der Waals surface area (Å²) in [5.74, 6) is 0.208. The highest BCUT2D eigenvalue weighted by Crippen LogP contribution is 2.36. The minimum Gasteiger partial charge on any atom is -0.496 e. The molecule has 8 heteroatoms. The highest BCUT2D eigenvalue weighted by Gasteiger charge is 2.27. The van der Waals surface area contributed by atoms with Gasteiger partial charge in [0.25, 0.3) is 11.5 Å². The lowest BCUT2D eigenvalue weighted by atomic mass is 9.96. The van der Waals surface area contributed by atoms with Crippen molar-refractivity contribution in [2.75, 3.05) is 31.8 Å². The molecule has 0 aliphatic carbocycles. The number of aryl methyl sites for hydroxylation is 2. The molecule has 188 valence electrons. The first-order chi connectivity index (χ1) is 16.8. The number of ether oxygens (including phenoxy) is 2. The van der Waals surface area contributed by atoms with Crippen molar-refractivity contribution in [2.45, 2.75) is 59.5 Å². The standard InChI is InChI=1S/C27H35N3O5/c1-6-9-30(19-7-10-34-11-8-19)21-13-23-24(16(2)15-35-23)25(18(21)4)27(32)28-14-20-22(33-5)12-17(3)29-26(20)31/h12-13,15,19H,6-11,14H2,1-5H3,(H,28,32)(H,29,31). The second kappa shape index (κ2) is 10.6. The van der Waals surface area contributed by atoms with E-state index in [1.165, 1.54) is 7.11 Å². The van der Waals surface area contributed by atoms with Gasteiger partial charge in [-0.05, 0) is 57.2 Å². The van der Waals surface area contributed by atoms with Crippen molar-refractivity contribution >= 4 is 22.6 Å². The van der Waals surface area contributed by atoms with Crippen molar-refractivity contribution in [3.05, 3.63) is 56.7 Å². The number of H-pyrrole nitrogens is 1. The third-order valence-electron chi connectivity index (χ3n) is 6.79. The molecule has 1 amide bonds. The van der Waals surface area contributed by atoms with Crippen LogP contribution in [0.2, 0.25) is 0 Å². The van der Waals surface area contributed by atoms with Crippen molar-refractivity contribution in [3.63, 3.8) is 0 Å². The predicted molar refractivity (Wildman–Crippen MR) is 137 cm³/mol. The molecule has 2 aromatic heterocycles. The van der Waals surface area contributed by atoms with Gasteiger partial charge in [0.2, 0.25) is 0 Å². The molecule has 0 radical (unpaired) electrons. The molecule has 0 unspecified atom stereocenters. The van der Waals surface area contributed by atoms with Gasteiger partial charge >= 0.3 is 0 Å². The quantitative estimate of drug-likeness (QED) is 0.496. The van der Waals surface area contributed by atoms with E-state index < -0.39 is 0 Å². The molecule has 8 nitrogen and oxygen atoms in total. The number of carbonyl (C=O) groups is 1. The molecule has 0 atom stereocenters. The molecule has 4 rings (SSSR count). The first kappa shape index (κ1) is 24.9. The minimum atomic E-state index is -0.272. The van der Waals surface area contributed by atoms with Crippen LogP contribution in [0.5, 0.6) is 5.75 Å². The molecule has 1 saturated heterocycles. The van der Waals surface area contributed by atoms with Crippen LogP contribution in [0.1, 0.15) is 58.9 Å². The Labute approximate surface area is 205 Å². The number of fused-ring (bicyclic) bond motifs is 1. The number of carbonyl (C=O) groups excluding carboxylic acids is 1. The van der Waals surface area contributed by atoms with Gasteiger partial charge in [-0.3, -0.25) is 9.59 Å². The second-order valence-electron chi connectivity index (χ2n) is 9.24. The van der Waals surface area contributed by atoms with E-state index in [1.54, 1.807) is 19.3 Å². The van der Waals surface area contributed by atoms with Crippen LogP contribution in [-0.4, -0.2) is 43.8 Å². The Balaban J connectivity index is 1.74. The van der Waals surface area contributed by atoms with Crippen LogP contribution < -0.4 is 20.5 Å². The number of pyridine rings is 1. The number of aromatic nitrogens is 1. The van der Waals surface area contributed by atoms with E-state index in [1.807, 2.05) is 13.8 Å². The molecule has 35 heavy (non-hydrogen) atoms. The average Bonchev–Trinajstić information content (AvgIpc) is 3.21. The smallest absolute Gasteiger partial charge is 0.256 e. The molecule has 1 aliphatic heterocycles. The summed E-state index contributed by atoms with van der Waals surface area (Å²) < 4.78 is 16.9. The Morgan fingerprint density at radius 1 is 1.23 bits per heavy atom.